The maximum Gasteiger partial charge on any atom is 0.220 e. The van der Waals surface area contributed by atoms with E-state index in [0.29, 0.717) is 6.54 Å². The van der Waals surface area contributed by atoms with E-state index in [1.807, 2.05) is 26.0 Å². The first-order chi connectivity index (χ1) is 12.0. The Bertz CT molecular complexity index is 782. The van der Waals surface area contributed by atoms with E-state index in [-0.39, 0.29) is 30.6 Å². The molecule has 132 valence electrons. The number of benzene rings is 1. The van der Waals surface area contributed by atoms with Crippen molar-refractivity contribution in [3.8, 4) is 0 Å². The average molecular weight is 356 g/mol. The summed E-state index contributed by atoms with van der Waals surface area (Å²) in [7, 11) is 0. The van der Waals surface area contributed by atoms with Crippen LogP contribution in [0.3, 0.4) is 0 Å². The van der Waals surface area contributed by atoms with Crippen molar-refractivity contribution in [3.05, 3.63) is 56.8 Å². The number of rotatable bonds is 6. The highest BCUT2D eigenvalue weighted by molar-refractivity contribution is 7.12. The molecular formula is C20H24N2O2S. The first kappa shape index (κ1) is 17.8. The fourth-order valence-corrected chi connectivity index (χ4v) is 4.29. The number of Topliss-reactive ketones (excluding diaryl/α,β-unsaturated/α-hetero) is 1. The normalized spacial score (nSPS) is 16.3. The lowest BCUT2D eigenvalue weighted by Crippen LogP contribution is -2.38. The van der Waals surface area contributed by atoms with E-state index in [1.54, 1.807) is 11.3 Å². The first-order valence-corrected chi connectivity index (χ1v) is 9.54. The molecule has 1 amide bonds. The van der Waals surface area contributed by atoms with Crippen molar-refractivity contribution in [2.24, 2.45) is 0 Å². The Balaban J connectivity index is 1.49. The summed E-state index contributed by atoms with van der Waals surface area (Å²) >= 11 is 1.62. The molecule has 2 heterocycles. The third-order valence-electron chi connectivity index (χ3n) is 4.64. The predicted octanol–water partition coefficient (Wildman–Crippen LogP) is 3.33. The molecule has 1 atom stereocenters. The topological polar surface area (TPSA) is 58.2 Å². The van der Waals surface area contributed by atoms with Crippen LogP contribution in [0.5, 0.6) is 0 Å². The monoisotopic (exact) mass is 356 g/mol. The zero-order chi connectivity index (χ0) is 17.8. The molecule has 0 aliphatic carbocycles. The number of carbonyl (C=O) groups excluding carboxylic acids is 2. The van der Waals surface area contributed by atoms with Gasteiger partial charge in [-0.05, 0) is 44.0 Å². The van der Waals surface area contributed by atoms with Crippen molar-refractivity contribution in [2.75, 3.05) is 13.1 Å². The number of aryl methyl sites for hydroxylation is 2. The van der Waals surface area contributed by atoms with Crippen LogP contribution in [-0.2, 0) is 11.2 Å². The molecule has 0 saturated carbocycles. The number of fused-ring (bicyclic) bond motifs is 1. The van der Waals surface area contributed by atoms with Gasteiger partial charge in [-0.2, -0.15) is 0 Å². The van der Waals surface area contributed by atoms with E-state index in [0.717, 1.165) is 28.3 Å². The number of hydrogen-bond donors (Lipinski definition) is 2. The summed E-state index contributed by atoms with van der Waals surface area (Å²) in [6.45, 7) is 5.43. The average Bonchev–Trinajstić information content (AvgIpc) is 2.96. The lowest BCUT2D eigenvalue weighted by Gasteiger charge is -2.27. The van der Waals surface area contributed by atoms with Crippen LogP contribution >= 0.6 is 11.3 Å². The second-order valence-electron chi connectivity index (χ2n) is 6.51. The minimum atomic E-state index is -0.0668. The molecule has 4 nitrogen and oxygen atoms in total. The van der Waals surface area contributed by atoms with Gasteiger partial charge in [0.25, 0.3) is 0 Å². The molecule has 25 heavy (non-hydrogen) atoms. The highest BCUT2D eigenvalue weighted by Crippen LogP contribution is 2.23. The number of hydrogen-bond acceptors (Lipinski definition) is 4. The van der Waals surface area contributed by atoms with E-state index in [4.69, 9.17) is 0 Å². The van der Waals surface area contributed by atoms with Crippen molar-refractivity contribution < 1.29 is 9.59 Å². The van der Waals surface area contributed by atoms with Gasteiger partial charge in [-0.1, -0.05) is 24.3 Å². The summed E-state index contributed by atoms with van der Waals surface area (Å²) in [6, 6.07) is 10.4. The Morgan fingerprint density at radius 2 is 2.04 bits per heavy atom. The number of carbonyl (C=O) groups is 2. The van der Waals surface area contributed by atoms with Crippen LogP contribution in [0.15, 0.2) is 30.3 Å². The van der Waals surface area contributed by atoms with Gasteiger partial charge in [-0.25, -0.2) is 0 Å². The summed E-state index contributed by atoms with van der Waals surface area (Å²) in [6.07, 6.45) is 1.52. The lowest BCUT2D eigenvalue weighted by molar-refractivity contribution is -0.121. The van der Waals surface area contributed by atoms with Crippen molar-refractivity contribution >= 4 is 23.0 Å². The van der Waals surface area contributed by atoms with Gasteiger partial charge in [0.1, 0.15) is 0 Å². The number of thiophene rings is 1. The van der Waals surface area contributed by atoms with E-state index in [9.17, 15) is 9.59 Å². The maximum atomic E-state index is 12.3. The molecule has 1 aliphatic rings. The van der Waals surface area contributed by atoms with Crippen LogP contribution in [0.1, 0.15) is 50.1 Å². The van der Waals surface area contributed by atoms with Gasteiger partial charge in [0.05, 0.1) is 0 Å². The predicted molar refractivity (Wildman–Crippen MR) is 101 cm³/mol. The summed E-state index contributed by atoms with van der Waals surface area (Å²) < 4.78 is 0. The molecule has 0 saturated heterocycles. The lowest BCUT2D eigenvalue weighted by atomic mass is 9.94. The molecule has 0 bridgehead atoms. The minimum absolute atomic E-state index is 0.0538. The van der Waals surface area contributed by atoms with Crippen LogP contribution in [0, 0.1) is 13.8 Å². The molecular weight excluding hydrogens is 332 g/mol. The molecule has 0 radical (unpaired) electrons. The Morgan fingerprint density at radius 3 is 2.80 bits per heavy atom. The van der Waals surface area contributed by atoms with Crippen molar-refractivity contribution in [1.82, 2.24) is 10.6 Å². The molecule has 0 spiro atoms. The summed E-state index contributed by atoms with van der Waals surface area (Å²) in [5.41, 5.74) is 3.37. The molecule has 5 heteroatoms. The molecule has 2 N–H and O–H groups in total. The van der Waals surface area contributed by atoms with Crippen LogP contribution in [0.2, 0.25) is 0 Å². The zero-order valence-electron chi connectivity index (χ0n) is 14.7. The van der Waals surface area contributed by atoms with Gasteiger partial charge >= 0.3 is 0 Å². The molecule has 1 unspecified atom stereocenters. The summed E-state index contributed by atoms with van der Waals surface area (Å²) in [5.74, 6) is -0.0130. The maximum absolute atomic E-state index is 12.3. The fraction of sp³-hybridized carbons (Fsp3) is 0.400. The Hall–Kier alpha value is -1.98. The van der Waals surface area contributed by atoms with Crippen LogP contribution < -0.4 is 10.6 Å². The van der Waals surface area contributed by atoms with Gasteiger partial charge in [0.2, 0.25) is 5.91 Å². The molecule has 0 fully saturated rings. The van der Waals surface area contributed by atoms with Crippen LogP contribution in [0.4, 0.5) is 0 Å². The second kappa shape index (κ2) is 7.93. The van der Waals surface area contributed by atoms with Crippen molar-refractivity contribution in [2.45, 2.75) is 39.2 Å². The Kier molecular flexibility index (Phi) is 5.66. The van der Waals surface area contributed by atoms with Gasteiger partial charge in [0.15, 0.2) is 5.78 Å². The Labute approximate surface area is 152 Å². The van der Waals surface area contributed by atoms with E-state index in [2.05, 4.69) is 28.8 Å². The summed E-state index contributed by atoms with van der Waals surface area (Å²) in [4.78, 5) is 26.6. The zero-order valence-corrected chi connectivity index (χ0v) is 15.5. The number of nitrogens with one attached hydrogen (secondary N) is 2. The molecule has 2 aromatic rings. The van der Waals surface area contributed by atoms with Gasteiger partial charge in [-0.15, -0.1) is 11.3 Å². The molecule has 1 aromatic heterocycles. The van der Waals surface area contributed by atoms with Gasteiger partial charge < -0.3 is 10.6 Å². The SMILES string of the molecule is Cc1cc(C(=O)CCC(=O)NCC2NCCc3ccccc32)c(C)s1. The van der Waals surface area contributed by atoms with Gasteiger partial charge in [-0.3, -0.25) is 9.59 Å². The molecule has 1 aliphatic heterocycles. The van der Waals surface area contributed by atoms with E-state index in [1.165, 1.54) is 11.1 Å². The summed E-state index contributed by atoms with van der Waals surface area (Å²) in [5, 5.41) is 6.42. The number of amides is 1. The Morgan fingerprint density at radius 1 is 1.24 bits per heavy atom. The smallest absolute Gasteiger partial charge is 0.220 e. The van der Waals surface area contributed by atoms with Crippen LogP contribution in [-0.4, -0.2) is 24.8 Å². The highest BCUT2D eigenvalue weighted by atomic mass is 32.1. The quantitative estimate of drug-likeness (QED) is 0.781. The second-order valence-corrected chi connectivity index (χ2v) is 7.97. The first-order valence-electron chi connectivity index (χ1n) is 8.72. The third kappa shape index (κ3) is 4.35. The third-order valence-corrected chi connectivity index (χ3v) is 5.61. The van der Waals surface area contributed by atoms with Crippen molar-refractivity contribution in [1.29, 1.82) is 0 Å². The highest BCUT2D eigenvalue weighted by Gasteiger charge is 2.20. The fourth-order valence-electron chi connectivity index (χ4n) is 3.35. The molecule has 1 aromatic carbocycles. The number of ketones is 1. The largest absolute Gasteiger partial charge is 0.354 e. The van der Waals surface area contributed by atoms with E-state index >= 15 is 0 Å². The minimum Gasteiger partial charge on any atom is -0.354 e. The molecule has 3 rings (SSSR count). The van der Waals surface area contributed by atoms with Gasteiger partial charge in [0, 0.05) is 40.7 Å². The van der Waals surface area contributed by atoms with Crippen molar-refractivity contribution in [3.63, 3.8) is 0 Å². The van der Waals surface area contributed by atoms with E-state index < -0.39 is 0 Å². The standard InChI is InChI=1S/C20H24N2O2S/c1-13-11-17(14(2)25-13)19(23)7-8-20(24)22-12-18-16-6-4-3-5-15(16)9-10-21-18/h3-6,11,18,21H,7-10,12H2,1-2H3,(H,22,24). The van der Waals surface area contributed by atoms with Crippen LogP contribution in [0.25, 0.3) is 0 Å².